The highest BCUT2D eigenvalue weighted by Crippen LogP contribution is 2.63. The second-order valence-electron chi connectivity index (χ2n) is 10.2. The fraction of sp³-hybridized carbons (Fsp3) is 0.556. The number of fused-ring (bicyclic) bond motifs is 5. The Morgan fingerprint density at radius 3 is 2.67 bits per heavy atom. The van der Waals surface area contributed by atoms with E-state index >= 15 is 0 Å². The van der Waals surface area contributed by atoms with E-state index in [9.17, 15) is 10.2 Å². The molecule has 0 unspecified atom stereocenters. The number of hydrogen-bond donors (Lipinski definition) is 2. The summed E-state index contributed by atoms with van der Waals surface area (Å²) in [6.45, 7) is 4.83. The SMILES string of the molecule is CC[C@]1(O)C[C@H]2[C@@H]3CCc4cc(OCc5ccccc5)ccc4[C@H]3CC[C@]2(C)[C@H]1O. The van der Waals surface area contributed by atoms with E-state index < -0.39 is 11.7 Å². The van der Waals surface area contributed by atoms with Crippen molar-refractivity contribution < 1.29 is 14.9 Å². The molecule has 2 saturated carbocycles. The van der Waals surface area contributed by atoms with Gasteiger partial charge in [0.2, 0.25) is 0 Å². The quantitative estimate of drug-likeness (QED) is 0.731. The van der Waals surface area contributed by atoms with Crippen molar-refractivity contribution in [1.82, 2.24) is 0 Å². The van der Waals surface area contributed by atoms with Crippen LogP contribution in [0.4, 0.5) is 0 Å². The third-order valence-electron chi connectivity index (χ3n) is 8.70. The van der Waals surface area contributed by atoms with Crippen LogP contribution in [0.15, 0.2) is 48.5 Å². The first-order valence-corrected chi connectivity index (χ1v) is 11.6. The van der Waals surface area contributed by atoms with Crippen LogP contribution < -0.4 is 4.74 Å². The highest BCUT2D eigenvalue weighted by molar-refractivity contribution is 5.41. The highest BCUT2D eigenvalue weighted by Gasteiger charge is 2.62. The fourth-order valence-electron chi connectivity index (χ4n) is 6.91. The number of benzene rings is 2. The molecule has 30 heavy (non-hydrogen) atoms. The van der Waals surface area contributed by atoms with Crippen LogP contribution in [0.2, 0.25) is 0 Å². The molecule has 3 aliphatic rings. The molecule has 3 heteroatoms. The van der Waals surface area contributed by atoms with E-state index in [0.717, 1.165) is 37.9 Å². The number of aryl methyl sites for hydroxylation is 1. The second-order valence-corrected chi connectivity index (χ2v) is 10.2. The molecule has 160 valence electrons. The molecule has 5 rings (SSSR count). The lowest BCUT2D eigenvalue weighted by atomic mass is 9.55. The van der Waals surface area contributed by atoms with Crippen LogP contribution in [0.3, 0.4) is 0 Å². The summed E-state index contributed by atoms with van der Waals surface area (Å²) in [6, 6.07) is 17.0. The van der Waals surface area contributed by atoms with Crippen LogP contribution in [0, 0.1) is 17.3 Å². The van der Waals surface area contributed by atoms with Gasteiger partial charge in [-0.2, -0.15) is 0 Å². The molecule has 2 N–H and O–H groups in total. The van der Waals surface area contributed by atoms with Gasteiger partial charge in [-0.25, -0.2) is 0 Å². The van der Waals surface area contributed by atoms with Crippen LogP contribution >= 0.6 is 0 Å². The number of hydrogen-bond acceptors (Lipinski definition) is 3. The van der Waals surface area contributed by atoms with Crippen molar-refractivity contribution in [1.29, 1.82) is 0 Å². The zero-order valence-electron chi connectivity index (χ0n) is 18.2. The predicted octanol–water partition coefficient (Wildman–Crippen LogP) is 5.23. The van der Waals surface area contributed by atoms with Crippen LogP contribution in [-0.2, 0) is 13.0 Å². The summed E-state index contributed by atoms with van der Waals surface area (Å²) >= 11 is 0. The lowest BCUT2D eigenvalue weighted by Gasteiger charge is -2.50. The molecule has 0 saturated heterocycles. The minimum atomic E-state index is -0.913. The lowest BCUT2D eigenvalue weighted by Crippen LogP contribution is -2.47. The van der Waals surface area contributed by atoms with Gasteiger partial charge in [-0.3, -0.25) is 0 Å². The smallest absolute Gasteiger partial charge is 0.120 e. The van der Waals surface area contributed by atoms with Gasteiger partial charge in [-0.1, -0.05) is 50.2 Å². The topological polar surface area (TPSA) is 49.7 Å². The van der Waals surface area contributed by atoms with Crippen LogP contribution in [0.25, 0.3) is 0 Å². The van der Waals surface area contributed by atoms with E-state index in [1.54, 1.807) is 0 Å². The fourth-order valence-corrected chi connectivity index (χ4v) is 6.91. The van der Waals surface area contributed by atoms with Gasteiger partial charge in [0.15, 0.2) is 0 Å². The van der Waals surface area contributed by atoms with E-state index in [1.165, 1.54) is 16.7 Å². The maximum Gasteiger partial charge on any atom is 0.120 e. The molecule has 2 aromatic carbocycles. The Kier molecular flexibility index (Phi) is 4.95. The van der Waals surface area contributed by atoms with Gasteiger partial charge in [0.1, 0.15) is 12.4 Å². The second kappa shape index (κ2) is 7.39. The van der Waals surface area contributed by atoms with Crippen LogP contribution in [0.1, 0.15) is 68.6 Å². The number of aliphatic hydroxyl groups is 2. The van der Waals surface area contributed by atoms with Crippen molar-refractivity contribution in [3.8, 4) is 5.75 Å². The molecule has 0 amide bonds. The lowest BCUT2D eigenvalue weighted by molar-refractivity contribution is -0.101. The maximum atomic E-state index is 11.1. The molecule has 0 aromatic heterocycles. The molecule has 0 bridgehead atoms. The van der Waals surface area contributed by atoms with E-state index in [-0.39, 0.29) is 5.41 Å². The van der Waals surface area contributed by atoms with Crippen molar-refractivity contribution in [2.75, 3.05) is 0 Å². The summed E-state index contributed by atoms with van der Waals surface area (Å²) in [5.74, 6) is 2.45. The van der Waals surface area contributed by atoms with E-state index in [1.807, 2.05) is 25.1 Å². The monoisotopic (exact) mass is 406 g/mol. The first-order chi connectivity index (χ1) is 14.4. The number of ether oxygens (including phenoxy) is 1. The number of aliphatic hydroxyl groups excluding tert-OH is 1. The largest absolute Gasteiger partial charge is 0.489 e. The molecule has 6 atom stereocenters. The summed E-state index contributed by atoms with van der Waals surface area (Å²) in [4.78, 5) is 0. The Bertz CT molecular complexity index is 910. The van der Waals surface area contributed by atoms with Crippen molar-refractivity contribution in [2.24, 2.45) is 17.3 Å². The minimum Gasteiger partial charge on any atom is -0.489 e. The molecule has 2 fully saturated rings. The molecular formula is C27H34O3. The summed E-state index contributed by atoms with van der Waals surface area (Å²) in [5.41, 5.74) is 3.02. The van der Waals surface area contributed by atoms with Crippen LogP contribution in [-0.4, -0.2) is 21.9 Å². The van der Waals surface area contributed by atoms with Crippen LogP contribution in [0.5, 0.6) is 5.75 Å². The van der Waals surface area contributed by atoms with Crippen molar-refractivity contribution in [3.05, 3.63) is 65.2 Å². The summed E-state index contributed by atoms with van der Waals surface area (Å²) < 4.78 is 6.07. The average Bonchev–Trinajstić information content (AvgIpc) is 2.99. The molecule has 0 heterocycles. The van der Waals surface area contributed by atoms with Gasteiger partial charge >= 0.3 is 0 Å². The third kappa shape index (κ3) is 3.09. The Balaban J connectivity index is 1.36. The summed E-state index contributed by atoms with van der Waals surface area (Å²) in [5, 5.41) is 22.1. The normalized spacial score (nSPS) is 37.2. The van der Waals surface area contributed by atoms with Gasteiger partial charge in [0.05, 0.1) is 11.7 Å². The summed E-state index contributed by atoms with van der Waals surface area (Å²) in [7, 11) is 0. The van der Waals surface area contributed by atoms with E-state index in [4.69, 9.17) is 4.74 Å². The first-order valence-electron chi connectivity index (χ1n) is 11.6. The molecular weight excluding hydrogens is 372 g/mol. The molecule has 3 aliphatic carbocycles. The van der Waals surface area contributed by atoms with Gasteiger partial charge in [0.25, 0.3) is 0 Å². The third-order valence-corrected chi connectivity index (χ3v) is 8.70. The first kappa shape index (κ1) is 20.1. The van der Waals surface area contributed by atoms with Crippen molar-refractivity contribution in [3.63, 3.8) is 0 Å². The number of rotatable bonds is 4. The van der Waals surface area contributed by atoms with E-state index in [0.29, 0.717) is 30.8 Å². The molecule has 0 radical (unpaired) electrons. The van der Waals surface area contributed by atoms with Gasteiger partial charge < -0.3 is 14.9 Å². The zero-order chi connectivity index (χ0) is 20.9. The standard InChI is InChI=1S/C27H34O3/c1-3-27(29)16-24-23-11-9-19-15-20(30-17-18-7-5-4-6-8-18)10-12-21(19)22(23)13-14-26(24,2)25(27)28/h4-8,10,12,15,22-25,28-29H,3,9,11,13-14,16-17H2,1-2H3/t22-,23-,24+,25-,26+,27+/m1/s1. The maximum absolute atomic E-state index is 11.1. The van der Waals surface area contributed by atoms with Crippen molar-refractivity contribution >= 4 is 0 Å². The highest BCUT2D eigenvalue weighted by atomic mass is 16.5. The summed E-state index contributed by atoms with van der Waals surface area (Å²) in [6.07, 6.45) is 5.08. The predicted molar refractivity (Wildman–Crippen MR) is 118 cm³/mol. The zero-order valence-corrected chi connectivity index (χ0v) is 18.2. The Morgan fingerprint density at radius 1 is 1.10 bits per heavy atom. The van der Waals surface area contributed by atoms with Gasteiger partial charge in [0, 0.05) is 0 Å². The Hall–Kier alpha value is -1.84. The van der Waals surface area contributed by atoms with Gasteiger partial charge in [-0.15, -0.1) is 0 Å². The molecule has 0 aliphatic heterocycles. The molecule has 3 nitrogen and oxygen atoms in total. The van der Waals surface area contributed by atoms with E-state index in [2.05, 4.69) is 37.3 Å². The van der Waals surface area contributed by atoms with Crippen molar-refractivity contribution in [2.45, 2.75) is 76.6 Å². The molecule has 2 aromatic rings. The Labute approximate surface area is 180 Å². The minimum absolute atomic E-state index is 0.151. The average molecular weight is 407 g/mol. The Morgan fingerprint density at radius 2 is 1.90 bits per heavy atom. The van der Waals surface area contributed by atoms with Gasteiger partial charge in [-0.05, 0) is 90.5 Å². The molecule has 0 spiro atoms.